The number of rotatable bonds is 17. The maximum Gasteiger partial charge on any atom is 0.306 e. The van der Waals surface area contributed by atoms with Gasteiger partial charge in [0.25, 0.3) is 0 Å². The van der Waals surface area contributed by atoms with Crippen molar-refractivity contribution in [1.29, 1.82) is 0 Å². The number of allylic oxidation sites excluding steroid dienone is 4. The van der Waals surface area contributed by atoms with Crippen LogP contribution in [-0.2, 0) is 28.6 Å². The number of ether oxygens (including phenoxy) is 3. The van der Waals surface area contributed by atoms with E-state index in [0.29, 0.717) is 25.7 Å². The Kier molecular flexibility index (Phi) is 11.5. The molecule has 0 aromatic carbocycles. The highest BCUT2D eigenvalue weighted by molar-refractivity contribution is 6.01. The molecule has 4 aliphatic carbocycles. The lowest BCUT2D eigenvalue weighted by Gasteiger charge is -2.63. The Morgan fingerprint density at radius 1 is 0.938 bits per heavy atom. The number of halogens is 1. The average molecular weight is 673 g/mol. The van der Waals surface area contributed by atoms with Crippen molar-refractivity contribution in [3.05, 3.63) is 23.8 Å². The number of aliphatic hydroxyl groups excluding tert-OH is 1. The van der Waals surface area contributed by atoms with Crippen molar-refractivity contribution in [2.45, 2.75) is 179 Å². The van der Waals surface area contributed by atoms with Crippen molar-refractivity contribution in [2.24, 2.45) is 22.7 Å². The fourth-order valence-corrected chi connectivity index (χ4v) is 10.5. The largest absolute Gasteiger partial charge is 0.459 e. The molecule has 7 nitrogen and oxygen atoms in total. The lowest BCUT2D eigenvalue weighted by molar-refractivity contribution is -0.251. The van der Waals surface area contributed by atoms with E-state index in [1.54, 1.807) is 26.0 Å². The normalized spacial score (nSPS) is 37.7. The van der Waals surface area contributed by atoms with Crippen molar-refractivity contribution in [1.82, 2.24) is 0 Å². The highest BCUT2D eigenvalue weighted by atomic mass is 19.1. The lowest BCUT2D eigenvalue weighted by atomic mass is 9.44. The summed E-state index contributed by atoms with van der Waals surface area (Å²) in [5.74, 6) is -3.02. The standard InChI is InChI=1S/C40H61FO7/c1-6-7-8-9-10-11-12-13-14-15-16-17-18-19-35(45)46-34-26-38(5)31(25-33-40(38,32(44)27-42)48-36(2,3)47-33)30-21-20-28-24-29(43)22-23-37(28,4)39(30,34)41/h22-24,30-31,33-34,42H,6-21,25-27H2,1-5H3/t30-,31-,33+,34-,37-,38-,39-,40+/m0/s1. The van der Waals surface area contributed by atoms with Gasteiger partial charge in [0, 0.05) is 23.2 Å². The van der Waals surface area contributed by atoms with Crippen LogP contribution in [-0.4, -0.2) is 58.5 Å². The monoisotopic (exact) mass is 672 g/mol. The third-order valence-corrected chi connectivity index (χ3v) is 12.9. The summed E-state index contributed by atoms with van der Waals surface area (Å²) in [6, 6.07) is 0. The highest BCUT2D eigenvalue weighted by Gasteiger charge is 2.80. The molecule has 1 N–H and O–H groups in total. The van der Waals surface area contributed by atoms with Gasteiger partial charge in [-0.1, -0.05) is 103 Å². The summed E-state index contributed by atoms with van der Waals surface area (Å²) in [6.45, 7) is 8.81. The van der Waals surface area contributed by atoms with Gasteiger partial charge >= 0.3 is 5.97 Å². The number of carbonyl (C=O) groups is 3. The first-order valence-corrected chi connectivity index (χ1v) is 19.1. The Hall–Kier alpha value is -1.90. The first-order chi connectivity index (χ1) is 22.8. The molecule has 5 aliphatic rings. The molecule has 0 radical (unpaired) electrons. The van der Waals surface area contributed by atoms with Gasteiger partial charge in [-0.3, -0.25) is 14.4 Å². The third kappa shape index (κ3) is 6.52. The average Bonchev–Trinajstić information content (AvgIpc) is 3.45. The number of hydrogen-bond acceptors (Lipinski definition) is 7. The second kappa shape index (κ2) is 14.8. The van der Waals surface area contributed by atoms with E-state index in [-0.39, 0.29) is 24.5 Å². The molecule has 0 unspecified atom stereocenters. The van der Waals surface area contributed by atoms with Gasteiger partial charge in [-0.15, -0.1) is 0 Å². The van der Waals surface area contributed by atoms with Crippen molar-refractivity contribution in [3.8, 4) is 0 Å². The van der Waals surface area contributed by atoms with E-state index >= 15 is 4.39 Å². The van der Waals surface area contributed by atoms with Crippen LogP contribution in [0.2, 0.25) is 0 Å². The van der Waals surface area contributed by atoms with Gasteiger partial charge in [-0.2, -0.15) is 0 Å². The second-order valence-electron chi connectivity index (χ2n) is 16.4. The molecule has 1 saturated heterocycles. The van der Waals surface area contributed by atoms with Crippen LogP contribution in [0.25, 0.3) is 0 Å². The maximum absolute atomic E-state index is 18.4. The Bertz CT molecular complexity index is 1260. The SMILES string of the molecule is CCCCCCCCCCCCCCCC(=O)O[C@H]1C[C@@]2(C)[C@@H](C[C@H]3OC(C)(C)O[C@]32C(=O)CO)[C@@H]2CCC3=CC(=O)C=C[C@]3(C)[C@@]12F. The van der Waals surface area contributed by atoms with Gasteiger partial charge in [0.1, 0.15) is 12.7 Å². The summed E-state index contributed by atoms with van der Waals surface area (Å²) in [5.41, 5.74) is -4.84. The molecular formula is C40H61FO7. The number of fused-ring (bicyclic) bond motifs is 7. The van der Waals surface area contributed by atoms with E-state index in [1.165, 1.54) is 63.9 Å². The second-order valence-corrected chi connectivity index (χ2v) is 16.4. The smallest absolute Gasteiger partial charge is 0.306 e. The van der Waals surface area contributed by atoms with Crippen LogP contribution in [0.5, 0.6) is 0 Å². The van der Waals surface area contributed by atoms with Gasteiger partial charge < -0.3 is 19.3 Å². The van der Waals surface area contributed by atoms with Crippen molar-refractivity contribution < 1.29 is 38.1 Å². The summed E-state index contributed by atoms with van der Waals surface area (Å²) in [5, 5.41) is 10.2. The Labute approximate surface area is 287 Å². The van der Waals surface area contributed by atoms with E-state index < -0.39 is 64.4 Å². The zero-order valence-electron chi connectivity index (χ0n) is 30.3. The summed E-state index contributed by atoms with van der Waals surface area (Å²) < 4.78 is 37.4. The summed E-state index contributed by atoms with van der Waals surface area (Å²) >= 11 is 0. The third-order valence-electron chi connectivity index (χ3n) is 12.9. The quantitative estimate of drug-likeness (QED) is 0.122. The number of aliphatic hydroxyl groups is 1. The molecule has 1 aliphatic heterocycles. The van der Waals surface area contributed by atoms with E-state index in [9.17, 15) is 19.5 Å². The van der Waals surface area contributed by atoms with Gasteiger partial charge in [0.2, 0.25) is 0 Å². The molecule has 0 aromatic rings. The van der Waals surface area contributed by atoms with Crippen LogP contribution in [0.15, 0.2) is 23.8 Å². The molecule has 0 aromatic heterocycles. The minimum Gasteiger partial charge on any atom is -0.459 e. The molecule has 8 atom stereocenters. The number of Topliss-reactive ketones (excluding diaryl/α,β-unsaturated/α-hetero) is 1. The molecule has 270 valence electrons. The van der Waals surface area contributed by atoms with Gasteiger partial charge in [-0.25, -0.2) is 4.39 Å². The fourth-order valence-electron chi connectivity index (χ4n) is 10.5. The molecular weight excluding hydrogens is 611 g/mol. The molecule has 1 heterocycles. The first-order valence-electron chi connectivity index (χ1n) is 19.1. The minimum atomic E-state index is -2.00. The van der Waals surface area contributed by atoms with Crippen LogP contribution in [0, 0.1) is 22.7 Å². The van der Waals surface area contributed by atoms with E-state index in [0.717, 1.165) is 24.8 Å². The molecule has 0 spiro atoms. The van der Waals surface area contributed by atoms with Crippen molar-refractivity contribution >= 4 is 17.5 Å². The molecule has 4 fully saturated rings. The molecule has 5 rings (SSSR count). The highest BCUT2D eigenvalue weighted by Crippen LogP contribution is 2.72. The molecule has 0 bridgehead atoms. The van der Waals surface area contributed by atoms with Gasteiger partial charge in [-0.05, 0) is 70.9 Å². The predicted molar refractivity (Wildman–Crippen MR) is 183 cm³/mol. The van der Waals surface area contributed by atoms with Crippen LogP contribution in [0.3, 0.4) is 0 Å². The van der Waals surface area contributed by atoms with Crippen molar-refractivity contribution in [3.63, 3.8) is 0 Å². The number of ketones is 2. The molecule has 48 heavy (non-hydrogen) atoms. The summed E-state index contributed by atoms with van der Waals surface area (Å²) in [7, 11) is 0. The maximum atomic E-state index is 18.4. The number of esters is 1. The first kappa shape index (κ1) is 37.4. The number of alkyl halides is 1. The molecule has 0 amide bonds. The summed E-state index contributed by atoms with van der Waals surface area (Å²) in [4.78, 5) is 39.6. The number of carbonyl (C=O) groups excluding carboxylic acids is 3. The van der Waals surface area contributed by atoms with Crippen LogP contribution in [0.1, 0.15) is 150 Å². The predicted octanol–water partition coefficient (Wildman–Crippen LogP) is 8.45. The minimum absolute atomic E-state index is 0.0569. The van der Waals surface area contributed by atoms with E-state index in [4.69, 9.17) is 14.2 Å². The van der Waals surface area contributed by atoms with Crippen LogP contribution in [0.4, 0.5) is 4.39 Å². The zero-order valence-corrected chi connectivity index (χ0v) is 30.3. The molecule has 3 saturated carbocycles. The van der Waals surface area contributed by atoms with Crippen molar-refractivity contribution in [2.75, 3.05) is 6.61 Å². The van der Waals surface area contributed by atoms with Gasteiger partial charge in [0.15, 0.2) is 28.6 Å². The topological polar surface area (TPSA) is 99.1 Å². The Balaban J connectivity index is 1.27. The fraction of sp³-hybridized carbons (Fsp3) is 0.825. The van der Waals surface area contributed by atoms with Crippen LogP contribution < -0.4 is 0 Å². The number of hydrogen-bond donors (Lipinski definition) is 1. The van der Waals surface area contributed by atoms with Crippen LogP contribution >= 0.6 is 0 Å². The zero-order chi connectivity index (χ0) is 34.8. The molecule has 8 heteroatoms. The Morgan fingerprint density at radius 3 is 2.15 bits per heavy atom. The van der Waals surface area contributed by atoms with E-state index in [2.05, 4.69) is 6.92 Å². The van der Waals surface area contributed by atoms with Gasteiger partial charge in [0.05, 0.1) is 6.10 Å². The van der Waals surface area contributed by atoms with E-state index in [1.807, 2.05) is 13.8 Å². The Morgan fingerprint density at radius 2 is 1.54 bits per heavy atom. The lowest BCUT2D eigenvalue weighted by Crippen LogP contribution is -2.70. The number of unbranched alkanes of at least 4 members (excludes halogenated alkanes) is 12. The summed E-state index contributed by atoms with van der Waals surface area (Å²) in [6.07, 6.45) is 20.1.